The Balaban J connectivity index is 1.52. The molecule has 50 heavy (non-hydrogen) atoms. The quantitative estimate of drug-likeness (QED) is 0.0457. The molecule has 280 valence electrons. The van der Waals surface area contributed by atoms with Gasteiger partial charge < -0.3 is 0 Å². The molecule has 2 heteroatoms. The standard InChI is InChI=1S/C48H79N2/c1-4-6-8-10-12-14-16-17-18-19-21-23-25-33-39-47(48(3,46-37-31-28-32-38-46)43-45-35-29-27-30-36-45)50-42-41-49(44-50)40-34-26-24-22-20-15-13-11-9-7-5-2/h27-32,35-38,41-42,44,47H,4-26,33-34,39-40,43H2,1-3H3/q+1. The fraction of sp³-hybridized carbons (Fsp3) is 0.688. The average molecular weight is 684 g/mol. The summed E-state index contributed by atoms with van der Waals surface area (Å²) in [5, 5.41) is 0. The summed E-state index contributed by atoms with van der Waals surface area (Å²) in [6.45, 7) is 8.29. The van der Waals surface area contributed by atoms with Gasteiger partial charge in [-0.2, -0.15) is 0 Å². The van der Waals surface area contributed by atoms with Gasteiger partial charge in [0.05, 0.1) is 6.54 Å². The Hall–Kier alpha value is -2.35. The van der Waals surface area contributed by atoms with Gasteiger partial charge in [-0.25, -0.2) is 9.13 Å². The zero-order valence-electron chi connectivity index (χ0n) is 33.3. The van der Waals surface area contributed by atoms with E-state index < -0.39 is 0 Å². The highest BCUT2D eigenvalue weighted by atomic mass is 15.1. The molecule has 2 unspecified atom stereocenters. The Morgan fingerprint density at radius 1 is 0.520 bits per heavy atom. The van der Waals surface area contributed by atoms with E-state index in [2.05, 4.69) is 109 Å². The lowest BCUT2D eigenvalue weighted by Crippen LogP contribution is -2.38. The van der Waals surface area contributed by atoms with Gasteiger partial charge >= 0.3 is 0 Å². The second kappa shape index (κ2) is 27.3. The van der Waals surface area contributed by atoms with E-state index in [1.54, 1.807) is 0 Å². The minimum absolute atomic E-state index is 0.00649. The number of unbranched alkanes of at least 4 members (excludes halogenated alkanes) is 23. The SMILES string of the molecule is CCCCCCCCCCCCCCCCC(n1cc[n+](CCCCCCCCCCCCC)c1)C(C)(Cc1ccccc1)c1ccccc1. The van der Waals surface area contributed by atoms with E-state index >= 15 is 0 Å². The van der Waals surface area contributed by atoms with E-state index in [9.17, 15) is 0 Å². The average Bonchev–Trinajstić information content (AvgIpc) is 3.61. The van der Waals surface area contributed by atoms with Gasteiger partial charge in [0.15, 0.2) is 0 Å². The molecule has 0 radical (unpaired) electrons. The summed E-state index contributed by atoms with van der Waals surface area (Å²) in [6.07, 6.45) is 44.6. The van der Waals surface area contributed by atoms with Gasteiger partial charge in [-0.3, -0.25) is 0 Å². The third kappa shape index (κ3) is 17.2. The van der Waals surface area contributed by atoms with Crippen molar-refractivity contribution in [1.29, 1.82) is 0 Å². The van der Waals surface area contributed by atoms with Crippen molar-refractivity contribution in [3.63, 3.8) is 0 Å². The second-order valence-electron chi connectivity index (χ2n) is 16.0. The van der Waals surface area contributed by atoms with Gasteiger partial charge in [0.2, 0.25) is 6.33 Å². The monoisotopic (exact) mass is 684 g/mol. The molecule has 2 nitrogen and oxygen atoms in total. The number of aromatic nitrogens is 2. The minimum atomic E-state index is 0.00649. The molecule has 1 aromatic heterocycles. The van der Waals surface area contributed by atoms with Crippen LogP contribution < -0.4 is 4.57 Å². The van der Waals surface area contributed by atoms with Crippen LogP contribution in [0, 0.1) is 0 Å². The first-order valence-electron chi connectivity index (χ1n) is 21.8. The maximum Gasteiger partial charge on any atom is 0.244 e. The molecule has 2 aromatic carbocycles. The van der Waals surface area contributed by atoms with Crippen molar-refractivity contribution in [3.8, 4) is 0 Å². The molecule has 0 fully saturated rings. The first-order valence-corrected chi connectivity index (χ1v) is 21.8. The number of imidazole rings is 1. The Bertz CT molecular complexity index is 1170. The van der Waals surface area contributed by atoms with Crippen LogP contribution in [-0.2, 0) is 18.4 Å². The van der Waals surface area contributed by atoms with Crippen LogP contribution in [0.25, 0.3) is 0 Å². The highest BCUT2D eigenvalue weighted by molar-refractivity contribution is 5.30. The molecule has 1 heterocycles. The number of hydrogen-bond donors (Lipinski definition) is 0. The summed E-state index contributed by atoms with van der Waals surface area (Å²) >= 11 is 0. The summed E-state index contributed by atoms with van der Waals surface area (Å²) in [6, 6.07) is 23.1. The largest absolute Gasteiger partial charge is 0.244 e. The highest BCUT2D eigenvalue weighted by Crippen LogP contribution is 2.41. The van der Waals surface area contributed by atoms with E-state index in [-0.39, 0.29) is 5.41 Å². The third-order valence-corrected chi connectivity index (χ3v) is 11.5. The van der Waals surface area contributed by atoms with Crippen molar-refractivity contribution in [2.24, 2.45) is 0 Å². The number of hydrogen-bond acceptors (Lipinski definition) is 0. The predicted molar refractivity (Wildman–Crippen MR) is 219 cm³/mol. The van der Waals surface area contributed by atoms with Crippen LogP contribution in [0.1, 0.15) is 205 Å². The Labute approximate surface area is 310 Å². The fourth-order valence-electron chi connectivity index (χ4n) is 8.27. The predicted octanol–water partition coefficient (Wildman–Crippen LogP) is 14.7. The van der Waals surface area contributed by atoms with Gasteiger partial charge in [0.1, 0.15) is 18.4 Å². The van der Waals surface area contributed by atoms with Crippen molar-refractivity contribution in [2.45, 2.75) is 212 Å². The van der Waals surface area contributed by atoms with Crippen molar-refractivity contribution in [1.82, 2.24) is 4.57 Å². The van der Waals surface area contributed by atoms with E-state index in [1.807, 2.05) is 0 Å². The Morgan fingerprint density at radius 3 is 1.42 bits per heavy atom. The van der Waals surface area contributed by atoms with E-state index in [4.69, 9.17) is 0 Å². The summed E-state index contributed by atoms with van der Waals surface area (Å²) in [4.78, 5) is 0. The minimum Gasteiger partial charge on any atom is -0.237 e. The van der Waals surface area contributed by atoms with Crippen molar-refractivity contribution < 1.29 is 4.57 Å². The molecule has 0 saturated heterocycles. The summed E-state index contributed by atoms with van der Waals surface area (Å²) in [5.74, 6) is 0. The van der Waals surface area contributed by atoms with Crippen molar-refractivity contribution in [2.75, 3.05) is 0 Å². The maximum absolute atomic E-state index is 2.59. The summed E-state index contributed by atoms with van der Waals surface area (Å²) in [5.41, 5.74) is 2.91. The number of rotatable bonds is 32. The number of aryl methyl sites for hydroxylation is 1. The zero-order chi connectivity index (χ0) is 35.4. The van der Waals surface area contributed by atoms with Gasteiger partial charge in [0, 0.05) is 5.41 Å². The third-order valence-electron chi connectivity index (χ3n) is 11.5. The van der Waals surface area contributed by atoms with Crippen LogP contribution in [0.5, 0.6) is 0 Å². The van der Waals surface area contributed by atoms with Crippen molar-refractivity contribution in [3.05, 3.63) is 90.5 Å². The van der Waals surface area contributed by atoms with Gasteiger partial charge in [-0.1, -0.05) is 223 Å². The molecule has 0 aliphatic heterocycles. The molecule has 0 amide bonds. The first kappa shape index (κ1) is 42.1. The van der Waals surface area contributed by atoms with E-state index in [0.29, 0.717) is 6.04 Å². The first-order chi connectivity index (χ1) is 24.7. The Kier molecular flexibility index (Phi) is 23.0. The molecule has 2 atom stereocenters. The molecule has 0 saturated carbocycles. The summed E-state index contributed by atoms with van der Waals surface area (Å²) in [7, 11) is 0. The molecular formula is C48H79N2+. The molecule has 0 N–H and O–H groups in total. The van der Waals surface area contributed by atoms with E-state index in [1.165, 1.54) is 178 Å². The van der Waals surface area contributed by atoms with Crippen LogP contribution in [0.15, 0.2) is 79.4 Å². The van der Waals surface area contributed by atoms with Crippen LogP contribution in [0.4, 0.5) is 0 Å². The van der Waals surface area contributed by atoms with Crippen LogP contribution in [0.3, 0.4) is 0 Å². The lowest BCUT2D eigenvalue weighted by Gasteiger charge is -2.37. The molecule has 0 spiro atoms. The zero-order valence-corrected chi connectivity index (χ0v) is 33.3. The van der Waals surface area contributed by atoms with Crippen LogP contribution >= 0.6 is 0 Å². The molecule has 0 bridgehead atoms. The number of nitrogens with zero attached hydrogens (tertiary/aromatic N) is 2. The number of benzene rings is 2. The molecule has 3 aromatic rings. The second-order valence-corrected chi connectivity index (χ2v) is 16.0. The maximum atomic E-state index is 2.59. The highest BCUT2D eigenvalue weighted by Gasteiger charge is 2.40. The molecule has 0 aliphatic carbocycles. The smallest absolute Gasteiger partial charge is 0.237 e. The lowest BCUT2D eigenvalue weighted by molar-refractivity contribution is -0.697. The lowest BCUT2D eigenvalue weighted by atomic mass is 9.70. The topological polar surface area (TPSA) is 8.81 Å². The normalized spacial score (nSPS) is 13.4. The van der Waals surface area contributed by atoms with Gasteiger partial charge in [-0.05, 0) is 43.2 Å². The summed E-state index contributed by atoms with van der Waals surface area (Å²) < 4.78 is 5.07. The van der Waals surface area contributed by atoms with Crippen LogP contribution in [-0.4, -0.2) is 4.57 Å². The molecule has 0 aliphatic rings. The van der Waals surface area contributed by atoms with Crippen molar-refractivity contribution >= 4 is 0 Å². The van der Waals surface area contributed by atoms with Gasteiger partial charge in [0.25, 0.3) is 0 Å². The van der Waals surface area contributed by atoms with Crippen LogP contribution in [0.2, 0.25) is 0 Å². The van der Waals surface area contributed by atoms with E-state index in [0.717, 1.165) is 13.0 Å². The fourth-order valence-corrected chi connectivity index (χ4v) is 8.27. The van der Waals surface area contributed by atoms with Gasteiger partial charge in [-0.15, -0.1) is 0 Å². The Morgan fingerprint density at radius 2 is 0.940 bits per heavy atom. The molecular weight excluding hydrogens is 605 g/mol. The molecule has 3 rings (SSSR count).